The van der Waals surface area contributed by atoms with E-state index in [0.29, 0.717) is 0 Å². The van der Waals surface area contributed by atoms with Gasteiger partial charge in [0.05, 0.1) is 7.11 Å². The first-order chi connectivity index (χ1) is 10.2. The monoisotopic (exact) mass is 283 g/mol. The Labute approximate surface area is 128 Å². The van der Waals surface area contributed by atoms with Crippen LogP contribution in [0.4, 0.5) is 5.69 Å². The Morgan fingerprint density at radius 2 is 1.81 bits per heavy atom. The highest BCUT2D eigenvalue weighted by atomic mass is 16.5. The standard InChI is InChI=1S/C19H25NO/c1-4-5-6-16-8-10-18(11-9-16)20-14-17-13-15(2)7-12-19(17)21-3/h7-13,20H,4-6,14H2,1-3H3. The van der Waals surface area contributed by atoms with Crippen LogP contribution < -0.4 is 10.1 Å². The molecule has 21 heavy (non-hydrogen) atoms. The molecule has 112 valence electrons. The van der Waals surface area contributed by atoms with Crippen molar-refractivity contribution in [2.24, 2.45) is 0 Å². The fraction of sp³-hybridized carbons (Fsp3) is 0.368. The van der Waals surface area contributed by atoms with Gasteiger partial charge in [0.25, 0.3) is 0 Å². The summed E-state index contributed by atoms with van der Waals surface area (Å²) in [6.07, 6.45) is 3.67. The molecule has 2 rings (SSSR count). The number of anilines is 1. The molecule has 2 aromatic carbocycles. The molecule has 0 atom stereocenters. The molecular formula is C19H25NO. The highest BCUT2D eigenvalue weighted by molar-refractivity contribution is 5.47. The van der Waals surface area contributed by atoms with Crippen LogP contribution >= 0.6 is 0 Å². The van der Waals surface area contributed by atoms with Gasteiger partial charge in [-0.1, -0.05) is 43.2 Å². The maximum absolute atomic E-state index is 5.41. The van der Waals surface area contributed by atoms with E-state index in [4.69, 9.17) is 4.74 Å². The average molecular weight is 283 g/mol. The van der Waals surface area contributed by atoms with Crippen molar-refractivity contribution in [3.63, 3.8) is 0 Å². The first-order valence-electron chi connectivity index (χ1n) is 7.69. The number of methoxy groups -OCH3 is 1. The average Bonchev–Trinajstić information content (AvgIpc) is 2.52. The zero-order chi connectivity index (χ0) is 15.1. The number of nitrogens with one attached hydrogen (secondary N) is 1. The Kier molecular flexibility index (Phi) is 5.68. The molecule has 0 amide bonds. The summed E-state index contributed by atoms with van der Waals surface area (Å²) in [7, 11) is 1.72. The van der Waals surface area contributed by atoms with E-state index in [1.807, 2.05) is 6.07 Å². The molecule has 0 saturated carbocycles. The molecule has 2 heteroatoms. The number of hydrogen-bond acceptors (Lipinski definition) is 2. The van der Waals surface area contributed by atoms with Gasteiger partial charge in [-0.2, -0.15) is 0 Å². The maximum atomic E-state index is 5.41. The Balaban J connectivity index is 1.98. The van der Waals surface area contributed by atoms with E-state index in [2.05, 4.69) is 55.6 Å². The van der Waals surface area contributed by atoms with Crippen LogP contribution in [0.3, 0.4) is 0 Å². The van der Waals surface area contributed by atoms with Crippen LogP contribution in [-0.2, 0) is 13.0 Å². The molecule has 0 aliphatic rings. The second-order valence-electron chi connectivity index (χ2n) is 5.47. The van der Waals surface area contributed by atoms with Gasteiger partial charge < -0.3 is 10.1 Å². The molecule has 0 unspecified atom stereocenters. The van der Waals surface area contributed by atoms with E-state index in [9.17, 15) is 0 Å². The van der Waals surface area contributed by atoms with Gasteiger partial charge in [0.1, 0.15) is 5.75 Å². The van der Waals surface area contributed by atoms with Crippen LogP contribution in [0, 0.1) is 6.92 Å². The topological polar surface area (TPSA) is 21.3 Å². The van der Waals surface area contributed by atoms with Crippen LogP contribution in [-0.4, -0.2) is 7.11 Å². The maximum Gasteiger partial charge on any atom is 0.123 e. The van der Waals surface area contributed by atoms with Gasteiger partial charge in [0.2, 0.25) is 0 Å². The number of benzene rings is 2. The molecular weight excluding hydrogens is 258 g/mol. The molecule has 1 N–H and O–H groups in total. The Hall–Kier alpha value is -1.96. The summed E-state index contributed by atoms with van der Waals surface area (Å²) < 4.78 is 5.41. The third-order valence-electron chi connectivity index (χ3n) is 3.69. The van der Waals surface area contributed by atoms with Crippen LogP contribution in [0.5, 0.6) is 5.75 Å². The lowest BCUT2D eigenvalue weighted by atomic mass is 10.1. The van der Waals surface area contributed by atoms with Gasteiger partial charge >= 0.3 is 0 Å². The Bertz CT molecular complexity index is 560. The summed E-state index contributed by atoms with van der Waals surface area (Å²) >= 11 is 0. The fourth-order valence-corrected chi connectivity index (χ4v) is 2.41. The third-order valence-corrected chi connectivity index (χ3v) is 3.69. The van der Waals surface area contributed by atoms with Gasteiger partial charge in [-0.15, -0.1) is 0 Å². The van der Waals surface area contributed by atoms with E-state index in [-0.39, 0.29) is 0 Å². The lowest BCUT2D eigenvalue weighted by molar-refractivity contribution is 0.410. The van der Waals surface area contributed by atoms with E-state index in [1.165, 1.54) is 36.0 Å². The first kappa shape index (κ1) is 15.4. The van der Waals surface area contributed by atoms with E-state index in [0.717, 1.165) is 18.0 Å². The third kappa shape index (κ3) is 4.52. The van der Waals surface area contributed by atoms with Crippen molar-refractivity contribution in [1.82, 2.24) is 0 Å². The molecule has 0 saturated heterocycles. The quantitative estimate of drug-likeness (QED) is 0.775. The summed E-state index contributed by atoms with van der Waals surface area (Å²) in [5, 5.41) is 3.47. The normalized spacial score (nSPS) is 10.4. The first-order valence-corrected chi connectivity index (χ1v) is 7.69. The zero-order valence-electron chi connectivity index (χ0n) is 13.3. The van der Waals surface area contributed by atoms with Gasteiger partial charge in [-0.3, -0.25) is 0 Å². The van der Waals surface area contributed by atoms with Gasteiger partial charge in [-0.05, 0) is 43.5 Å². The lowest BCUT2D eigenvalue weighted by Gasteiger charge is -2.12. The Morgan fingerprint density at radius 1 is 1.05 bits per heavy atom. The molecule has 0 heterocycles. The fourth-order valence-electron chi connectivity index (χ4n) is 2.41. The van der Waals surface area contributed by atoms with Crippen molar-refractivity contribution in [2.45, 2.75) is 39.7 Å². The van der Waals surface area contributed by atoms with Crippen molar-refractivity contribution >= 4 is 5.69 Å². The predicted molar refractivity (Wildman–Crippen MR) is 90.1 cm³/mol. The largest absolute Gasteiger partial charge is 0.496 e. The smallest absolute Gasteiger partial charge is 0.123 e. The number of unbranched alkanes of at least 4 members (excludes halogenated alkanes) is 1. The van der Waals surface area contributed by atoms with Crippen LogP contribution in [0.2, 0.25) is 0 Å². The van der Waals surface area contributed by atoms with Crippen LogP contribution in [0.25, 0.3) is 0 Å². The SMILES string of the molecule is CCCCc1ccc(NCc2cc(C)ccc2OC)cc1. The van der Waals surface area contributed by atoms with Crippen molar-refractivity contribution in [3.05, 3.63) is 59.2 Å². The molecule has 0 aromatic heterocycles. The summed E-state index contributed by atoms with van der Waals surface area (Å²) in [5.74, 6) is 0.938. The van der Waals surface area contributed by atoms with E-state index < -0.39 is 0 Å². The van der Waals surface area contributed by atoms with Crippen molar-refractivity contribution in [2.75, 3.05) is 12.4 Å². The van der Waals surface area contributed by atoms with Gasteiger partial charge in [-0.25, -0.2) is 0 Å². The molecule has 2 aromatic rings. The van der Waals surface area contributed by atoms with Crippen LogP contribution in [0.15, 0.2) is 42.5 Å². The minimum atomic E-state index is 0.777. The van der Waals surface area contributed by atoms with Crippen LogP contribution in [0.1, 0.15) is 36.5 Å². The summed E-state index contributed by atoms with van der Waals surface area (Å²) in [4.78, 5) is 0. The summed E-state index contributed by atoms with van der Waals surface area (Å²) in [5.41, 5.74) is 5.00. The zero-order valence-corrected chi connectivity index (χ0v) is 13.3. The van der Waals surface area contributed by atoms with Crippen molar-refractivity contribution < 1.29 is 4.74 Å². The van der Waals surface area contributed by atoms with Crippen molar-refractivity contribution in [1.29, 1.82) is 0 Å². The Morgan fingerprint density at radius 3 is 2.48 bits per heavy atom. The molecule has 0 radical (unpaired) electrons. The van der Waals surface area contributed by atoms with E-state index in [1.54, 1.807) is 7.11 Å². The second kappa shape index (κ2) is 7.72. The minimum absolute atomic E-state index is 0.777. The number of hydrogen-bond donors (Lipinski definition) is 1. The minimum Gasteiger partial charge on any atom is -0.496 e. The molecule has 0 spiro atoms. The van der Waals surface area contributed by atoms with E-state index >= 15 is 0 Å². The number of ether oxygens (including phenoxy) is 1. The second-order valence-corrected chi connectivity index (χ2v) is 5.47. The highest BCUT2D eigenvalue weighted by Crippen LogP contribution is 2.21. The molecule has 0 aliphatic heterocycles. The molecule has 0 fully saturated rings. The number of aryl methyl sites for hydroxylation is 2. The van der Waals surface area contributed by atoms with Gasteiger partial charge in [0, 0.05) is 17.8 Å². The highest BCUT2D eigenvalue weighted by Gasteiger charge is 2.03. The van der Waals surface area contributed by atoms with Crippen molar-refractivity contribution in [3.8, 4) is 5.75 Å². The summed E-state index contributed by atoms with van der Waals surface area (Å²) in [6.45, 7) is 5.11. The lowest BCUT2D eigenvalue weighted by Crippen LogP contribution is -2.02. The molecule has 2 nitrogen and oxygen atoms in total. The van der Waals surface area contributed by atoms with Gasteiger partial charge in [0.15, 0.2) is 0 Å². The molecule has 0 aliphatic carbocycles. The summed E-state index contributed by atoms with van der Waals surface area (Å²) in [6, 6.07) is 15.0. The predicted octanol–water partition coefficient (Wildman–Crippen LogP) is 4.96. The number of rotatable bonds is 7. The molecule has 0 bridgehead atoms.